The Morgan fingerprint density at radius 2 is 2.39 bits per heavy atom. The molecule has 3 atom stereocenters. The Bertz CT molecular complexity index is 438. The van der Waals surface area contributed by atoms with Gasteiger partial charge in [0.1, 0.15) is 0 Å². The van der Waals surface area contributed by atoms with Crippen LogP contribution in [-0.4, -0.2) is 17.7 Å². The fourth-order valence-electron chi connectivity index (χ4n) is 2.67. The summed E-state index contributed by atoms with van der Waals surface area (Å²) in [5.74, 6) is 0.699. The Balaban J connectivity index is 2.10. The molecule has 1 aromatic carbocycles. The van der Waals surface area contributed by atoms with Gasteiger partial charge in [-0.05, 0) is 43.0 Å². The van der Waals surface area contributed by atoms with Crippen molar-refractivity contribution < 1.29 is 5.11 Å². The van der Waals surface area contributed by atoms with Crippen molar-refractivity contribution in [3.8, 4) is 6.07 Å². The van der Waals surface area contributed by atoms with E-state index in [1.807, 2.05) is 12.1 Å². The SMILES string of the molecule is CCC1CCNC(C(O)c2cccc(C#N)c2)C1. The molecular weight excluding hydrogens is 224 g/mol. The highest BCUT2D eigenvalue weighted by Crippen LogP contribution is 2.27. The molecule has 0 spiro atoms. The van der Waals surface area contributed by atoms with Gasteiger partial charge in [-0.2, -0.15) is 5.26 Å². The van der Waals surface area contributed by atoms with Crippen molar-refractivity contribution in [2.24, 2.45) is 5.92 Å². The van der Waals surface area contributed by atoms with E-state index >= 15 is 0 Å². The first-order valence-electron chi connectivity index (χ1n) is 6.66. The standard InChI is InChI=1S/C15H20N2O/c1-2-11-6-7-17-14(9-11)15(18)13-5-3-4-12(8-13)10-16/h3-5,8,11,14-15,17-18H,2,6-7,9H2,1H3. The number of piperidine rings is 1. The average Bonchev–Trinajstić information content (AvgIpc) is 2.46. The maximum atomic E-state index is 10.4. The zero-order valence-electron chi connectivity index (χ0n) is 10.8. The molecule has 1 heterocycles. The van der Waals surface area contributed by atoms with E-state index in [0.717, 1.165) is 18.5 Å². The predicted octanol–water partition coefficient (Wildman–Crippen LogP) is 2.37. The second kappa shape index (κ2) is 5.99. The lowest BCUT2D eigenvalue weighted by Gasteiger charge is -2.33. The number of nitrogens with zero attached hydrogens (tertiary/aromatic N) is 1. The van der Waals surface area contributed by atoms with E-state index in [1.54, 1.807) is 12.1 Å². The van der Waals surface area contributed by atoms with Gasteiger partial charge in [0, 0.05) is 6.04 Å². The molecule has 3 unspecified atom stereocenters. The summed E-state index contributed by atoms with van der Waals surface area (Å²) in [5.41, 5.74) is 1.44. The van der Waals surface area contributed by atoms with Crippen molar-refractivity contribution in [2.75, 3.05) is 6.54 Å². The van der Waals surface area contributed by atoms with Gasteiger partial charge in [0.25, 0.3) is 0 Å². The lowest BCUT2D eigenvalue weighted by atomic mass is 9.86. The highest BCUT2D eigenvalue weighted by Gasteiger charge is 2.27. The van der Waals surface area contributed by atoms with Crippen LogP contribution in [0.2, 0.25) is 0 Å². The monoisotopic (exact) mass is 244 g/mol. The summed E-state index contributed by atoms with van der Waals surface area (Å²) in [4.78, 5) is 0. The first kappa shape index (κ1) is 13.1. The Morgan fingerprint density at radius 3 is 3.11 bits per heavy atom. The van der Waals surface area contributed by atoms with Crippen LogP contribution in [0.25, 0.3) is 0 Å². The van der Waals surface area contributed by atoms with Crippen LogP contribution in [0.15, 0.2) is 24.3 Å². The fraction of sp³-hybridized carbons (Fsp3) is 0.533. The first-order chi connectivity index (χ1) is 8.74. The second-order valence-electron chi connectivity index (χ2n) is 5.04. The van der Waals surface area contributed by atoms with E-state index in [2.05, 4.69) is 18.3 Å². The molecular formula is C15H20N2O. The number of hydrogen-bond donors (Lipinski definition) is 2. The molecule has 3 heteroatoms. The molecule has 0 aliphatic carbocycles. The summed E-state index contributed by atoms with van der Waals surface area (Å²) in [5, 5.41) is 22.7. The normalized spacial score (nSPS) is 25.4. The number of nitriles is 1. The summed E-state index contributed by atoms with van der Waals surface area (Å²) in [6.45, 7) is 3.17. The van der Waals surface area contributed by atoms with Crippen molar-refractivity contribution in [3.63, 3.8) is 0 Å². The van der Waals surface area contributed by atoms with Crippen LogP contribution in [0, 0.1) is 17.2 Å². The molecule has 0 radical (unpaired) electrons. The van der Waals surface area contributed by atoms with Crippen molar-refractivity contribution in [2.45, 2.75) is 38.3 Å². The maximum absolute atomic E-state index is 10.4. The summed E-state index contributed by atoms with van der Waals surface area (Å²) in [6, 6.07) is 9.49. The number of nitrogens with one attached hydrogen (secondary N) is 1. The van der Waals surface area contributed by atoms with Crippen molar-refractivity contribution in [1.29, 1.82) is 5.26 Å². The van der Waals surface area contributed by atoms with Gasteiger partial charge in [-0.25, -0.2) is 0 Å². The number of benzene rings is 1. The average molecular weight is 244 g/mol. The quantitative estimate of drug-likeness (QED) is 0.858. The van der Waals surface area contributed by atoms with Crippen LogP contribution in [0.4, 0.5) is 0 Å². The zero-order valence-corrected chi connectivity index (χ0v) is 10.8. The lowest BCUT2D eigenvalue weighted by molar-refractivity contribution is 0.0979. The van der Waals surface area contributed by atoms with E-state index in [0.29, 0.717) is 11.5 Å². The lowest BCUT2D eigenvalue weighted by Crippen LogP contribution is -2.42. The minimum Gasteiger partial charge on any atom is -0.387 e. The molecule has 2 rings (SSSR count). The smallest absolute Gasteiger partial charge is 0.0991 e. The third kappa shape index (κ3) is 2.90. The van der Waals surface area contributed by atoms with Gasteiger partial charge in [-0.1, -0.05) is 25.5 Å². The zero-order chi connectivity index (χ0) is 13.0. The van der Waals surface area contributed by atoms with Gasteiger partial charge in [-0.15, -0.1) is 0 Å². The fourth-order valence-corrected chi connectivity index (χ4v) is 2.67. The predicted molar refractivity (Wildman–Crippen MR) is 70.9 cm³/mol. The van der Waals surface area contributed by atoms with Gasteiger partial charge >= 0.3 is 0 Å². The largest absolute Gasteiger partial charge is 0.387 e. The molecule has 1 aliphatic rings. The molecule has 3 nitrogen and oxygen atoms in total. The van der Waals surface area contributed by atoms with Crippen LogP contribution >= 0.6 is 0 Å². The molecule has 1 fully saturated rings. The molecule has 1 aliphatic heterocycles. The van der Waals surface area contributed by atoms with Crippen LogP contribution in [0.1, 0.15) is 43.4 Å². The van der Waals surface area contributed by atoms with Crippen LogP contribution < -0.4 is 5.32 Å². The third-order valence-electron chi connectivity index (χ3n) is 3.86. The highest BCUT2D eigenvalue weighted by atomic mass is 16.3. The number of rotatable bonds is 3. The Kier molecular flexibility index (Phi) is 4.35. The van der Waals surface area contributed by atoms with Crippen molar-refractivity contribution in [3.05, 3.63) is 35.4 Å². The number of hydrogen-bond acceptors (Lipinski definition) is 3. The van der Waals surface area contributed by atoms with E-state index < -0.39 is 6.10 Å². The van der Waals surface area contributed by atoms with E-state index in [4.69, 9.17) is 5.26 Å². The molecule has 0 amide bonds. The summed E-state index contributed by atoms with van der Waals surface area (Å²) in [6.07, 6.45) is 2.85. The summed E-state index contributed by atoms with van der Waals surface area (Å²) >= 11 is 0. The molecule has 0 saturated carbocycles. The molecule has 96 valence electrons. The number of aliphatic hydroxyl groups is 1. The first-order valence-corrected chi connectivity index (χ1v) is 6.66. The molecule has 0 bridgehead atoms. The van der Waals surface area contributed by atoms with Crippen molar-refractivity contribution in [1.82, 2.24) is 5.32 Å². The minimum absolute atomic E-state index is 0.109. The van der Waals surface area contributed by atoms with Crippen molar-refractivity contribution >= 4 is 0 Å². The molecule has 1 aromatic rings. The number of aliphatic hydroxyl groups excluding tert-OH is 1. The Hall–Kier alpha value is -1.37. The second-order valence-corrected chi connectivity index (χ2v) is 5.04. The molecule has 2 N–H and O–H groups in total. The summed E-state index contributed by atoms with van der Waals surface area (Å²) < 4.78 is 0. The van der Waals surface area contributed by atoms with E-state index in [9.17, 15) is 5.11 Å². The van der Waals surface area contributed by atoms with E-state index in [-0.39, 0.29) is 6.04 Å². The van der Waals surface area contributed by atoms with Gasteiger partial charge < -0.3 is 10.4 Å². The maximum Gasteiger partial charge on any atom is 0.0991 e. The van der Waals surface area contributed by atoms with Gasteiger partial charge in [0.2, 0.25) is 0 Å². The Morgan fingerprint density at radius 1 is 1.56 bits per heavy atom. The Labute approximate surface area is 108 Å². The third-order valence-corrected chi connectivity index (χ3v) is 3.86. The molecule has 0 aromatic heterocycles. The van der Waals surface area contributed by atoms with Crippen LogP contribution in [0.5, 0.6) is 0 Å². The topological polar surface area (TPSA) is 56.0 Å². The van der Waals surface area contributed by atoms with Gasteiger partial charge in [0.15, 0.2) is 0 Å². The van der Waals surface area contributed by atoms with Gasteiger partial charge in [-0.3, -0.25) is 0 Å². The minimum atomic E-state index is -0.521. The molecule has 18 heavy (non-hydrogen) atoms. The van der Waals surface area contributed by atoms with E-state index in [1.165, 1.54) is 12.8 Å². The summed E-state index contributed by atoms with van der Waals surface area (Å²) in [7, 11) is 0. The highest BCUT2D eigenvalue weighted by molar-refractivity contribution is 5.34. The molecule has 1 saturated heterocycles. The van der Waals surface area contributed by atoms with Crippen LogP contribution in [-0.2, 0) is 0 Å². The van der Waals surface area contributed by atoms with Gasteiger partial charge in [0.05, 0.1) is 17.7 Å². The van der Waals surface area contributed by atoms with Crippen LogP contribution in [0.3, 0.4) is 0 Å².